The van der Waals surface area contributed by atoms with Crippen molar-refractivity contribution in [2.24, 2.45) is 56.7 Å². The summed E-state index contributed by atoms with van der Waals surface area (Å²) >= 11 is 0. The molecule has 1 aliphatic heterocycles. The van der Waals surface area contributed by atoms with Crippen LogP contribution in [0.3, 0.4) is 0 Å². The number of carbonyl (C=O) groups is 1. The Balaban J connectivity index is 1.52. The summed E-state index contributed by atoms with van der Waals surface area (Å²) in [6.07, 6.45) is 13.4. The molecule has 2 bridgehead atoms. The first-order chi connectivity index (χ1) is 15.3. The van der Waals surface area contributed by atoms with Gasteiger partial charge in [-0.05, 0) is 97.4 Å². The van der Waals surface area contributed by atoms with E-state index in [0.29, 0.717) is 29.6 Å². The summed E-state index contributed by atoms with van der Waals surface area (Å²) in [4.78, 5) is 13.6. The zero-order chi connectivity index (χ0) is 23.8. The molecule has 5 aliphatic carbocycles. The number of hydrogen-bond donors (Lipinski definition) is 1. The average Bonchev–Trinajstić information content (AvgIpc) is 2.95. The minimum atomic E-state index is -0.450. The standard InChI is InChI=1S/C30H46O3/c1-18-8-14-29-17-16-28(7)27(6)13-9-20-25(3,4)22(31)11-12-26(20,5)21(27)10-15-30(28,33-24(29)32)23(29)19(18)2/h10,15,18-23,31H,8-9,11-14,16-17H2,1-7H3/t18-,19+,20-,21-,22+,23+,26+,27-,28+,29+,30+/m1/s1. The maximum Gasteiger partial charge on any atom is 0.313 e. The van der Waals surface area contributed by atoms with Crippen molar-refractivity contribution in [3.05, 3.63) is 12.2 Å². The lowest BCUT2D eigenvalue weighted by Crippen LogP contribution is -2.71. The van der Waals surface area contributed by atoms with Crippen LogP contribution in [-0.4, -0.2) is 22.8 Å². The highest BCUT2D eigenvalue weighted by molar-refractivity contribution is 5.82. The number of hydrogen-bond acceptors (Lipinski definition) is 3. The van der Waals surface area contributed by atoms with E-state index < -0.39 is 5.60 Å². The Labute approximate surface area is 201 Å². The van der Waals surface area contributed by atoms with Gasteiger partial charge < -0.3 is 9.84 Å². The number of esters is 1. The van der Waals surface area contributed by atoms with Crippen molar-refractivity contribution >= 4 is 5.97 Å². The molecule has 1 spiro atoms. The van der Waals surface area contributed by atoms with Crippen molar-refractivity contribution in [3.63, 3.8) is 0 Å². The molecule has 0 aromatic carbocycles. The maximum absolute atomic E-state index is 13.6. The SMILES string of the molecule is C[C@H]1[C@H](C)CC[C@@]23CC[C@]4(C)[C@@](C=C[C@@H]5[C@@]6(C)CC[C@H](O)C(C)(C)[C@H]6CC[C@]54C)(OC2=O)[C@@H]13. The van der Waals surface area contributed by atoms with E-state index in [4.69, 9.17) is 4.74 Å². The quantitative estimate of drug-likeness (QED) is 0.334. The smallest absolute Gasteiger partial charge is 0.313 e. The van der Waals surface area contributed by atoms with Crippen molar-refractivity contribution in [2.45, 2.75) is 112 Å². The molecular weight excluding hydrogens is 408 g/mol. The van der Waals surface area contributed by atoms with Gasteiger partial charge in [0, 0.05) is 11.3 Å². The minimum Gasteiger partial charge on any atom is -0.453 e. The van der Waals surface area contributed by atoms with Crippen LogP contribution in [0.5, 0.6) is 0 Å². The number of aliphatic hydroxyl groups is 1. The highest BCUT2D eigenvalue weighted by atomic mass is 16.6. The van der Waals surface area contributed by atoms with Gasteiger partial charge in [-0.25, -0.2) is 0 Å². The van der Waals surface area contributed by atoms with E-state index in [9.17, 15) is 9.90 Å². The predicted octanol–water partition coefficient (Wildman–Crippen LogP) is 6.54. The lowest BCUT2D eigenvalue weighted by molar-refractivity contribution is -0.245. The van der Waals surface area contributed by atoms with Gasteiger partial charge in [0.2, 0.25) is 0 Å². The first-order valence-electron chi connectivity index (χ1n) is 13.9. The van der Waals surface area contributed by atoms with Crippen molar-refractivity contribution in [1.82, 2.24) is 0 Å². The van der Waals surface area contributed by atoms with Crippen LogP contribution in [0.1, 0.15) is 99.8 Å². The molecule has 0 aromatic heterocycles. The first-order valence-corrected chi connectivity index (χ1v) is 13.9. The summed E-state index contributed by atoms with van der Waals surface area (Å²) in [5.74, 6) is 2.56. The van der Waals surface area contributed by atoms with Crippen LogP contribution in [-0.2, 0) is 9.53 Å². The number of fused-ring (bicyclic) bond motifs is 4. The number of aliphatic hydroxyl groups excluding tert-OH is 1. The van der Waals surface area contributed by atoms with Crippen molar-refractivity contribution in [2.75, 3.05) is 0 Å². The molecule has 3 nitrogen and oxygen atoms in total. The van der Waals surface area contributed by atoms with Crippen LogP contribution < -0.4 is 0 Å². The van der Waals surface area contributed by atoms with E-state index >= 15 is 0 Å². The van der Waals surface area contributed by atoms with Gasteiger partial charge in [-0.2, -0.15) is 0 Å². The zero-order valence-corrected chi connectivity index (χ0v) is 22.0. The van der Waals surface area contributed by atoms with E-state index in [-0.39, 0.29) is 39.1 Å². The van der Waals surface area contributed by atoms with Gasteiger partial charge in [0.1, 0.15) is 5.60 Å². The lowest BCUT2D eigenvalue weighted by atomic mass is 9.32. The molecule has 4 saturated carbocycles. The summed E-state index contributed by atoms with van der Waals surface area (Å²) in [6, 6.07) is 0. The molecule has 0 radical (unpaired) electrons. The van der Waals surface area contributed by atoms with Gasteiger partial charge in [-0.1, -0.05) is 54.5 Å². The largest absolute Gasteiger partial charge is 0.453 e. The molecule has 11 atom stereocenters. The minimum absolute atomic E-state index is 0.0424. The number of allylic oxidation sites excluding steroid dienone is 1. The Morgan fingerprint density at radius 1 is 0.939 bits per heavy atom. The van der Waals surface area contributed by atoms with Gasteiger partial charge in [0.15, 0.2) is 0 Å². The molecule has 5 fully saturated rings. The van der Waals surface area contributed by atoms with Crippen molar-refractivity contribution in [1.29, 1.82) is 0 Å². The second kappa shape index (κ2) is 6.29. The van der Waals surface area contributed by atoms with Crippen LogP contribution in [0.15, 0.2) is 12.2 Å². The molecule has 0 amide bonds. The Morgan fingerprint density at radius 3 is 2.39 bits per heavy atom. The van der Waals surface area contributed by atoms with E-state index in [1.165, 1.54) is 6.42 Å². The Bertz CT molecular complexity index is 922. The van der Waals surface area contributed by atoms with Crippen LogP contribution in [0.25, 0.3) is 0 Å². The third-order valence-electron chi connectivity index (χ3n) is 13.8. The third kappa shape index (κ3) is 2.23. The van der Waals surface area contributed by atoms with E-state index in [1.54, 1.807) is 0 Å². The van der Waals surface area contributed by atoms with E-state index in [2.05, 4.69) is 60.6 Å². The molecule has 3 heteroatoms. The third-order valence-corrected chi connectivity index (χ3v) is 13.8. The molecule has 184 valence electrons. The van der Waals surface area contributed by atoms with Gasteiger partial charge in [0.25, 0.3) is 0 Å². The first kappa shape index (κ1) is 22.6. The maximum atomic E-state index is 13.6. The van der Waals surface area contributed by atoms with Crippen LogP contribution in [0.2, 0.25) is 0 Å². The Hall–Kier alpha value is -0.830. The molecule has 6 aliphatic rings. The van der Waals surface area contributed by atoms with Gasteiger partial charge >= 0.3 is 5.97 Å². The second-order valence-electron chi connectivity index (χ2n) is 14.8. The summed E-state index contributed by atoms with van der Waals surface area (Å²) in [6.45, 7) is 17.0. The molecule has 6 rings (SSSR count). The zero-order valence-electron chi connectivity index (χ0n) is 22.0. The van der Waals surface area contributed by atoms with Crippen LogP contribution in [0, 0.1) is 56.7 Å². The Kier molecular flexibility index (Phi) is 4.31. The molecule has 0 aromatic rings. The van der Waals surface area contributed by atoms with Crippen LogP contribution >= 0.6 is 0 Å². The van der Waals surface area contributed by atoms with Gasteiger partial charge in [-0.15, -0.1) is 0 Å². The normalized spacial score (nSPS) is 60.8. The number of carbonyl (C=O) groups excluding carboxylic acids is 1. The predicted molar refractivity (Wildman–Crippen MR) is 130 cm³/mol. The highest BCUT2D eigenvalue weighted by Crippen LogP contribution is 2.79. The molecular formula is C30H46O3. The molecule has 33 heavy (non-hydrogen) atoms. The van der Waals surface area contributed by atoms with Crippen LogP contribution in [0.4, 0.5) is 0 Å². The number of ether oxygens (including phenoxy) is 1. The highest BCUT2D eigenvalue weighted by Gasteiger charge is 2.80. The fourth-order valence-corrected chi connectivity index (χ4v) is 11.4. The summed E-state index contributed by atoms with van der Waals surface area (Å²) in [5, 5.41) is 10.9. The fraction of sp³-hybridized carbons (Fsp3) is 0.900. The molecule has 1 heterocycles. The monoisotopic (exact) mass is 454 g/mol. The second-order valence-corrected chi connectivity index (χ2v) is 14.8. The van der Waals surface area contributed by atoms with Crippen molar-refractivity contribution in [3.8, 4) is 0 Å². The summed E-state index contributed by atoms with van der Waals surface area (Å²) in [5.41, 5.74) is -0.514. The van der Waals surface area contributed by atoms with Crippen molar-refractivity contribution < 1.29 is 14.6 Å². The van der Waals surface area contributed by atoms with E-state index in [1.807, 2.05) is 0 Å². The molecule has 1 N–H and O–H groups in total. The van der Waals surface area contributed by atoms with Gasteiger partial charge in [-0.3, -0.25) is 4.79 Å². The lowest BCUT2D eigenvalue weighted by Gasteiger charge is -2.72. The number of rotatable bonds is 0. The topological polar surface area (TPSA) is 46.5 Å². The molecule has 0 unspecified atom stereocenters. The Morgan fingerprint density at radius 2 is 1.67 bits per heavy atom. The molecule has 1 saturated heterocycles. The summed E-state index contributed by atoms with van der Waals surface area (Å²) < 4.78 is 6.71. The van der Waals surface area contributed by atoms with Gasteiger partial charge in [0.05, 0.1) is 11.5 Å². The fourth-order valence-electron chi connectivity index (χ4n) is 11.4. The average molecular weight is 455 g/mol. The summed E-state index contributed by atoms with van der Waals surface area (Å²) in [7, 11) is 0. The van der Waals surface area contributed by atoms with E-state index in [0.717, 1.165) is 44.9 Å².